The van der Waals surface area contributed by atoms with Crippen LogP contribution in [0.4, 0.5) is 8.78 Å². The van der Waals surface area contributed by atoms with Crippen LogP contribution in [0.2, 0.25) is 0 Å². The van der Waals surface area contributed by atoms with E-state index in [-0.39, 0.29) is 0 Å². The lowest BCUT2D eigenvalue weighted by Crippen LogP contribution is -2.32. The highest BCUT2D eigenvalue weighted by molar-refractivity contribution is 7.13. The fourth-order valence-corrected chi connectivity index (χ4v) is 4.27. The molecule has 0 aromatic carbocycles. The Morgan fingerprint density at radius 1 is 1.30 bits per heavy atom. The Balaban J connectivity index is 1.46. The molecule has 128 valence electrons. The molecule has 1 aromatic heterocycles. The number of fused-ring (bicyclic) bond motifs is 1. The van der Waals surface area contributed by atoms with Gasteiger partial charge in [0.05, 0.1) is 5.69 Å². The smallest absolute Gasteiger partial charge is 0.273 e. The molecule has 0 bridgehead atoms. The topological polar surface area (TPSA) is 25.4 Å². The second kappa shape index (κ2) is 7.71. The minimum atomic E-state index is -2.45. The van der Waals surface area contributed by atoms with Crippen LogP contribution in [-0.4, -0.2) is 36.0 Å². The minimum Gasteiger partial charge on any atom is -0.464 e. The van der Waals surface area contributed by atoms with E-state index in [1.54, 1.807) is 0 Å². The zero-order valence-electron chi connectivity index (χ0n) is 13.4. The van der Waals surface area contributed by atoms with Gasteiger partial charge >= 0.3 is 0 Å². The van der Waals surface area contributed by atoms with E-state index in [0.29, 0.717) is 5.19 Å². The van der Waals surface area contributed by atoms with Crippen LogP contribution in [-0.2, 0) is 13.0 Å². The molecule has 2 heterocycles. The Morgan fingerprint density at radius 2 is 2.09 bits per heavy atom. The second-order valence-corrected chi connectivity index (χ2v) is 7.61. The molecule has 2 aliphatic rings. The maximum absolute atomic E-state index is 12.2. The van der Waals surface area contributed by atoms with Crippen molar-refractivity contribution in [1.29, 1.82) is 0 Å². The number of nitrogens with zero attached hydrogens (tertiary/aromatic N) is 2. The Kier molecular flexibility index (Phi) is 5.64. The Morgan fingerprint density at radius 3 is 2.83 bits per heavy atom. The first-order valence-corrected chi connectivity index (χ1v) is 9.20. The van der Waals surface area contributed by atoms with Crippen molar-refractivity contribution in [1.82, 2.24) is 9.88 Å². The van der Waals surface area contributed by atoms with Crippen LogP contribution in [0.1, 0.15) is 42.7 Å². The average Bonchev–Trinajstić information content (AvgIpc) is 2.94. The molecule has 3 nitrogen and oxygen atoms in total. The number of halogens is 2. The molecule has 0 saturated heterocycles. The molecule has 0 radical (unpaired) electrons. The first-order valence-electron chi connectivity index (χ1n) is 8.38. The minimum absolute atomic E-state index is 0.392. The van der Waals surface area contributed by atoms with Crippen molar-refractivity contribution in [2.75, 3.05) is 19.7 Å². The SMILES string of the molecule is C=C1CCC(CCN2CCc3sc(OCC(F)F)nc3C2)CC1. The molecule has 1 aliphatic heterocycles. The molecule has 1 aromatic rings. The highest BCUT2D eigenvalue weighted by Gasteiger charge is 2.23. The number of hydrogen-bond acceptors (Lipinski definition) is 4. The number of rotatable bonds is 6. The van der Waals surface area contributed by atoms with Gasteiger partial charge in [0.1, 0.15) is 0 Å². The fraction of sp³-hybridized carbons (Fsp3) is 0.706. The molecule has 1 aliphatic carbocycles. The highest BCUT2D eigenvalue weighted by atomic mass is 32.1. The van der Waals surface area contributed by atoms with Crippen LogP contribution in [0.5, 0.6) is 5.19 Å². The van der Waals surface area contributed by atoms with Gasteiger partial charge in [0.25, 0.3) is 11.6 Å². The summed E-state index contributed by atoms with van der Waals surface area (Å²) < 4.78 is 29.5. The molecule has 0 amide bonds. The summed E-state index contributed by atoms with van der Waals surface area (Å²) in [5, 5.41) is 0.392. The molecular formula is C17H24F2N2OS. The lowest BCUT2D eigenvalue weighted by Gasteiger charge is -2.29. The van der Waals surface area contributed by atoms with Gasteiger partial charge in [-0.15, -0.1) is 0 Å². The summed E-state index contributed by atoms with van der Waals surface area (Å²) in [6.07, 6.45) is 4.67. The summed E-state index contributed by atoms with van der Waals surface area (Å²) in [6.45, 7) is 6.46. The summed E-state index contributed by atoms with van der Waals surface area (Å²) in [7, 11) is 0. The van der Waals surface area contributed by atoms with Crippen molar-refractivity contribution < 1.29 is 13.5 Å². The van der Waals surface area contributed by atoms with Gasteiger partial charge in [0.2, 0.25) is 0 Å². The van der Waals surface area contributed by atoms with Gasteiger partial charge < -0.3 is 4.74 Å². The first kappa shape index (κ1) is 16.8. The van der Waals surface area contributed by atoms with E-state index in [1.807, 2.05) is 0 Å². The number of thiazole rings is 1. The summed E-state index contributed by atoms with van der Waals surface area (Å²) in [5.41, 5.74) is 2.42. The quantitative estimate of drug-likeness (QED) is 0.722. The molecule has 0 atom stereocenters. The maximum Gasteiger partial charge on any atom is 0.273 e. The number of ether oxygens (including phenoxy) is 1. The lowest BCUT2D eigenvalue weighted by atomic mass is 9.84. The van der Waals surface area contributed by atoms with Crippen LogP contribution < -0.4 is 4.74 Å². The largest absolute Gasteiger partial charge is 0.464 e. The van der Waals surface area contributed by atoms with Gasteiger partial charge in [-0.25, -0.2) is 13.8 Å². The number of alkyl halides is 2. The average molecular weight is 342 g/mol. The molecule has 1 saturated carbocycles. The van der Waals surface area contributed by atoms with E-state index in [1.165, 1.54) is 53.9 Å². The van der Waals surface area contributed by atoms with Crippen molar-refractivity contribution in [3.63, 3.8) is 0 Å². The van der Waals surface area contributed by atoms with E-state index in [4.69, 9.17) is 4.74 Å². The molecule has 1 fully saturated rings. The maximum atomic E-state index is 12.2. The van der Waals surface area contributed by atoms with Crippen molar-refractivity contribution in [3.05, 3.63) is 22.7 Å². The molecule has 6 heteroatoms. The standard InChI is InChI=1S/C17H24F2N2OS/c1-12-2-4-13(5-3-12)6-8-21-9-7-15-14(10-21)20-17(23-15)22-11-16(18)19/h13,16H,1-11H2. The van der Waals surface area contributed by atoms with Crippen LogP contribution in [0.3, 0.4) is 0 Å². The van der Waals surface area contributed by atoms with Gasteiger partial charge in [-0.05, 0) is 51.0 Å². The Labute approximate surface area is 140 Å². The van der Waals surface area contributed by atoms with Crippen molar-refractivity contribution in [2.24, 2.45) is 5.92 Å². The lowest BCUT2D eigenvalue weighted by molar-refractivity contribution is 0.0816. The van der Waals surface area contributed by atoms with Crippen molar-refractivity contribution >= 4 is 11.3 Å². The second-order valence-electron chi connectivity index (χ2n) is 6.56. The van der Waals surface area contributed by atoms with Gasteiger partial charge in [-0.3, -0.25) is 4.90 Å². The van der Waals surface area contributed by atoms with E-state index in [9.17, 15) is 8.78 Å². The van der Waals surface area contributed by atoms with Crippen molar-refractivity contribution in [3.8, 4) is 5.19 Å². The number of aromatic nitrogens is 1. The summed E-state index contributed by atoms with van der Waals surface area (Å²) in [5.74, 6) is 0.822. The highest BCUT2D eigenvalue weighted by Crippen LogP contribution is 2.32. The molecule has 3 rings (SSSR count). The molecule has 0 N–H and O–H groups in total. The molecule has 0 unspecified atom stereocenters. The van der Waals surface area contributed by atoms with Gasteiger partial charge in [0.15, 0.2) is 6.61 Å². The molecular weight excluding hydrogens is 318 g/mol. The molecule has 23 heavy (non-hydrogen) atoms. The van der Waals surface area contributed by atoms with E-state index in [0.717, 1.165) is 37.7 Å². The Bertz CT molecular complexity index is 537. The summed E-state index contributed by atoms with van der Waals surface area (Å²) >= 11 is 1.42. The molecule has 0 spiro atoms. The predicted molar refractivity (Wildman–Crippen MR) is 88.3 cm³/mol. The Hall–Kier alpha value is -1.01. The van der Waals surface area contributed by atoms with Crippen LogP contribution >= 0.6 is 11.3 Å². The van der Waals surface area contributed by atoms with Crippen LogP contribution in [0.25, 0.3) is 0 Å². The van der Waals surface area contributed by atoms with Crippen LogP contribution in [0.15, 0.2) is 12.2 Å². The van der Waals surface area contributed by atoms with E-state index in [2.05, 4.69) is 16.5 Å². The van der Waals surface area contributed by atoms with Crippen molar-refractivity contribution in [2.45, 2.75) is 51.5 Å². The zero-order valence-corrected chi connectivity index (χ0v) is 14.2. The third-order valence-electron chi connectivity index (χ3n) is 4.79. The zero-order chi connectivity index (χ0) is 16.2. The predicted octanol–water partition coefficient (Wildman–Crippen LogP) is 4.28. The normalized spacial score (nSPS) is 20.0. The summed E-state index contributed by atoms with van der Waals surface area (Å²) in [6, 6.07) is 0. The third-order valence-corrected chi connectivity index (χ3v) is 5.86. The van der Waals surface area contributed by atoms with Crippen LogP contribution in [0, 0.1) is 5.92 Å². The number of hydrogen-bond donors (Lipinski definition) is 0. The third kappa shape index (κ3) is 4.73. The fourth-order valence-electron chi connectivity index (χ4n) is 3.36. The van der Waals surface area contributed by atoms with Gasteiger partial charge in [-0.1, -0.05) is 23.5 Å². The van der Waals surface area contributed by atoms with E-state index >= 15 is 0 Å². The summed E-state index contributed by atoms with van der Waals surface area (Å²) in [4.78, 5) is 8.01. The number of allylic oxidation sites excluding steroid dienone is 1. The first-order chi connectivity index (χ1) is 11.1. The van der Waals surface area contributed by atoms with Gasteiger partial charge in [0, 0.05) is 18.0 Å². The van der Waals surface area contributed by atoms with Gasteiger partial charge in [-0.2, -0.15) is 0 Å². The van der Waals surface area contributed by atoms with E-state index < -0.39 is 13.0 Å². The monoisotopic (exact) mass is 342 g/mol.